The summed E-state index contributed by atoms with van der Waals surface area (Å²) in [5, 5.41) is 0. The molecule has 20 heavy (non-hydrogen) atoms. The molecule has 3 rings (SSSR count). The molecule has 0 saturated heterocycles. The SMILES string of the molecule is O=C1OC(C2CCCCC2)=NC1=Cc1ccc(Br)cc1. The maximum atomic E-state index is 11.9. The molecule has 0 unspecified atom stereocenters. The highest BCUT2D eigenvalue weighted by Gasteiger charge is 2.29. The standard InChI is InChI=1S/C16H16BrNO2/c17-13-8-6-11(7-9-13)10-14-16(19)20-15(18-14)12-4-2-1-3-5-12/h6-10,12H,1-5H2. The predicted molar refractivity (Wildman–Crippen MR) is 82.2 cm³/mol. The largest absolute Gasteiger partial charge is 0.406 e. The van der Waals surface area contributed by atoms with Crippen molar-refractivity contribution >= 4 is 33.9 Å². The molecular weight excluding hydrogens is 318 g/mol. The number of carbonyl (C=O) groups excluding carboxylic acids is 1. The minimum Gasteiger partial charge on any atom is -0.406 e. The Labute approximate surface area is 126 Å². The van der Waals surface area contributed by atoms with Gasteiger partial charge < -0.3 is 4.74 Å². The van der Waals surface area contributed by atoms with Crippen molar-refractivity contribution in [1.82, 2.24) is 0 Å². The summed E-state index contributed by atoms with van der Waals surface area (Å²) < 4.78 is 6.36. The number of carbonyl (C=O) groups is 1. The topological polar surface area (TPSA) is 38.7 Å². The van der Waals surface area contributed by atoms with Crippen molar-refractivity contribution in [2.45, 2.75) is 32.1 Å². The molecule has 2 aliphatic rings. The summed E-state index contributed by atoms with van der Waals surface area (Å²) in [6, 6.07) is 7.77. The first-order valence-corrected chi connectivity index (χ1v) is 7.80. The molecule has 104 valence electrons. The Hall–Kier alpha value is -1.42. The molecule has 0 spiro atoms. The van der Waals surface area contributed by atoms with Gasteiger partial charge in [0.05, 0.1) is 0 Å². The van der Waals surface area contributed by atoms with Crippen LogP contribution in [0.25, 0.3) is 6.08 Å². The van der Waals surface area contributed by atoms with Gasteiger partial charge >= 0.3 is 5.97 Å². The lowest BCUT2D eigenvalue weighted by atomic mass is 9.89. The molecule has 1 fully saturated rings. The van der Waals surface area contributed by atoms with Crippen molar-refractivity contribution in [2.24, 2.45) is 10.9 Å². The second kappa shape index (κ2) is 5.92. The summed E-state index contributed by atoms with van der Waals surface area (Å²) in [6.45, 7) is 0. The summed E-state index contributed by atoms with van der Waals surface area (Å²) in [5.74, 6) is 0.620. The number of aliphatic imine (C=N–C) groups is 1. The van der Waals surface area contributed by atoms with Crippen LogP contribution in [0.2, 0.25) is 0 Å². The average molecular weight is 334 g/mol. The Balaban J connectivity index is 1.80. The van der Waals surface area contributed by atoms with Gasteiger partial charge in [-0.1, -0.05) is 47.3 Å². The van der Waals surface area contributed by atoms with Gasteiger partial charge in [0.15, 0.2) is 5.70 Å². The molecular formula is C16H16BrNO2. The zero-order chi connectivity index (χ0) is 13.9. The van der Waals surface area contributed by atoms with Gasteiger partial charge in [-0.15, -0.1) is 0 Å². The third-order valence-electron chi connectivity index (χ3n) is 3.76. The van der Waals surface area contributed by atoms with Crippen LogP contribution in [0.15, 0.2) is 39.4 Å². The van der Waals surface area contributed by atoms with Crippen LogP contribution in [0.5, 0.6) is 0 Å². The molecule has 3 nitrogen and oxygen atoms in total. The van der Waals surface area contributed by atoms with Crippen LogP contribution < -0.4 is 0 Å². The summed E-state index contributed by atoms with van der Waals surface area (Å²) in [6.07, 6.45) is 7.62. The van der Waals surface area contributed by atoms with Crippen molar-refractivity contribution in [3.63, 3.8) is 0 Å². The van der Waals surface area contributed by atoms with Gasteiger partial charge in [0.2, 0.25) is 5.90 Å². The zero-order valence-corrected chi connectivity index (χ0v) is 12.7. The normalized spacial score (nSPS) is 21.9. The molecule has 0 aromatic heterocycles. The Morgan fingerprint density at radius 3 is 2.55 bits per heavy atom. The lowest BCUT2D eigenvalue weighted by molar-refractivity contribution is -0.130. The molecule has 0 bridgehead atoms. The average Bonchev–Trinajstić information content (AvgIpc) is 2.84. The third-order valence-corrected chi connectivity index (χ3v) is 4.29. The quantitative estimate of drug-likeness (QED) is 0.597. The molecule has 0 atom stereocenters. The van der Waals surface area contributed by atoms with E-state index in [-0.39, 0.29) is 5.97 Å². The summed E-state index contributed by atoms with van der Waals surface area (Å²) in [7, 11) is 0. The smallest absolute Gasteiger partial charge is 0.363 e. The summed E-state index contributed by atoms with van der Waals surface area (Å²) in [4.78, 5) is 16.3. The summed E-state index contributed by atoms with van der Waals surface area (Å²) >= 11 is 3.39. The molecule has 1 heterocycles. The molecule has 4 heteroatoms. The number of halogens is 1. The van der Waals surface area contributed by atoms with Crippen molar-refractivity contribution in [3.8, 4) is 0 Å². The lowest BCUT2D eigenvalue weighted by Gasteiger charge is -2.19. The molecule has 0 amide bonds. The Kier molecular flexibility index (Phi) is 4.01. The van der Waals surface area contributed by atoms with Crippen LogP contribution in [-0.2, 0) is 9.53 Å². The van der Waals surface area contributed by atoms with E-state index in [9.17, 15) is 4.79 Å². The van der Waals surface area contributed by atoms with E-state index < -0.39 is 0 Å². The van der Waals surface area contributed by atoms with Gasteiger partial charge in [0, 0.05) is 10.4 Å². The van der Waals surface area contributed by atoms with Crippen LogP contribution in [0.4, 0.5) is 0 Å². The van der Waals surface area contributed by atoms with Crippen molar-refractivity contribution in [2.75, 3.05) is 0 Å². The third kappa shape index (κ3) is 3.01. The second-order valence-electron chi connectivity index (χ2n) is 5.26. The van der Waals surface area contributed by atoms with Crippen LogP contribution in [0.3, 0.4) is 0 Å². The predicted octanol–water partition coefficient (Wildman–Crippen LogP) is 4.33. The first kappa shape index (κ1) is 13.6. The minimum absolute atomic E-state index is 0.323. The first-order valence-electron chi connectivity index (χ1n) is 7.00. The fourth-order valence-electron chi connectivity index (χ4n) is 2.67. The zero-order valence-electron chi connectivity index (χ0n) is 11.1. The molecule has 1 aromatic rings. The lowest BCUT2D eigenvalue weighted by Crippen LogP contribution is -2.19. The van der Waals surface area contributed by atoms with Gasteiger partial charge in [-0.05, 0) is 36.6 Å². The Morgan fingerprint density at radius 1 is 1.15 bits per heavy atom. The van der Waals surface area contributed by atoms with E-state index in [0.29, 0.717) is 17.5 Å². The van der Waals surface area contributed by atoms with Crippen LogP contribution in [0.1, 0.15) is 37.7 Å². The first-order chi connectivity index (χ1) is 9.72. The second-order valence-corrected chi connectivity index (χ2v) is 6.17. The maximum absolute atomic E-state index is 11.9. The van der Waals surface area contributed by atoms with E-state index in [1.807, 2.05) is 24.3 Å². The molecule has 1 saturated carbocycles. The number of rotatable bonds is 2. The maximum Gasteiger partial charge on any atom is 0.363 e. The highest BCUT2D eigenvalue weighted by Crippen LogP contribution is 2.29. The van der Waals surface area contributed by atoms with Crippen LogP contribution in [-0.4, -0.2) is 11.9 Å². The highest BCUT2D eigenvalue weighted by atomic mass is 79.9. The minimum atomic E-state index is -0.325. The van der Waals surface area contributed by atoms with Gasteiger partial charge in [0.25, 0.3) is 0 Å². The van der Waals surface area contributed by atoms with E-state index >= 15 is 0 Å². The van der Waals surface area contributed by atoms with E-state index in [0.717, 1.165) is 22.9 Å². The van der Waals surface area contributed by atoms with E-state index in [2.05, 4.69) is 20.9 Å². The number of benzene rings is 1. The van der Waals surface area contributed by atoms with Crippen molar-refractivity contribution in [1.29, 1.82) is 0 Å². The molecule has 1 aliphatic heterocycles. The molecule has 0 N–H and O–H groups in total. The fourth-order valence-corrected chi connectivity index (χ4v) is 2.93. The van der Waals surface area contributed by atoms with E-state index in [1.165, 1.54) is 19.3 Å². The monoisotopic (exact) mass is 333 g/mol. The molecule has 1 aromatic carbocycles. The van der Waals surface area contributed by atoms with E-state index in [1.54, 1.807) is 6.08 Å². The van der Waals surface area contributed by atoms with E-state index in [4.69, 9.17) is 4.74 Å². The summed E-state index contributed by atoms with van der Waals surface area (Å²) in [5.41, 5.74) is 1.36. The number of hydrogen-bond acceptors (Lipinski definition) is 3. The van der Waals surface area contributed by atoms with Gasteiger partial charge in [-0.25, -0.2) is 9.79 Å². The van der Waals surface area contributed by atoms with Gasteiger partial charge in [-0.2, -0.15) is 0 Å². The molecule has 0 radical (unpaired) electrons. The van der Waals surface area contributed by atoms with Crippen LogP contribution >= 0.6 is 15.9 Å². The Morgan fingerprint density at radius 2 is 1.85 bits per heavy atom. The number of ether oxygens (including phenoxy) is 1. The van der Waals surface area contributed by atoms with Gasteiger partial charge in [-0.3, -0.25) is 0 Å². The number of nitrogens with zero attached hydrogens (tertiary/aromatic N) is 1. The van der Waals surface area contributed by atoms with Crippen molar-refractivity contribution < 1.29 is 9.53 Å². The number of esters is 1. The fraction of sp³-hybridized carbons (Fsp3) is 0.375. The number of hydrogen-bond donors (Lipinski definition) is 0. The van der Waals surface area contributed by atoms with Gasteiger partial charge in [0.1, 0.15) is 0 Å². The Bertz CT molecular complexity index is 569. The number of cyclic esters (lactones) is 1. The van der Waals surface area contributed by atoms with Crippen molar-refractivity contribution in [3.05, 3.63) is 40.0 Å². The molecule has 1 aliphatic carbocycles. The van der Waals surface area contributed by atoms with Crippen LogP contribution in [0, 0.1) is 5.92 Å². The highest BCUT2D eigenvalue weighted by molar-refractivity contribution is 9.10.